The molecule has 0 radical (unpaired) electrons. The smallest absolute Gasteiger partial charge is 0.270 e. The summed E-state index contributed by atoms with van der Waals surface area (Å²) in [6.45, 7) is -0.372. The lowest BCUT2D eigenvalue weighted by atomic mass is 10.1. The molecule has 7 nitrogen and oxygen atoms in total. The molecule has 1 N–H and O–H groups in total. The van der Waals surface area contributed by atoms with Crippen molar-refractivity contribution in [1.29, 1.82) is 0 Å². The molecule has 0 saturated carbocycles. The quantitative estimate of drug-likeness (QED) is 0.660. The van der Waals surface area contributed by atoms with Crippen LogP contribution < -0.4 is 10.6 Å². The van der Waals surface area contributed by atoms with Gasteiger partial charge in [0.2, 0.25) is 0 Å². The first-order chi connectivity index (χ1) is 11.0. The molecule has 1 heterocycles. The Morgan fingerprint density at radius 1 is 1.26 bits per heavy atom. The lowest BCUT2D eigenvalue weighted by molar-refractivity contribution is -0.385. The summed E-state index contributed by atoms with van der Waals surface area (Å²) in [5, 5.41) is 22.8. The summed E-state index contributed by atoms with van der Waals surface area (Å²) in [7, 11) is 0. The van der Waals surface area contributed by atoms with E-state index < -0.39 is 10.8 Å². The Hall–Kier alpha value is -2.77. The molecular formula is C15H10ClN3O4. The van der Waals surface area contributed by atoms with Crippen molar-refractivity contribution in [2.45, 2.75) is 0 Å². The molecule has 2 aromatic carbocycles. The summed E-state index contributed by atoms with van der Waals surface area (Å²) in [4.78, 5) is 26.1. The SMILES string of the molecule is O=C1CN(O)C(c2ccccc2Cl)=c2cc([N+](=O)[O-])ccc2=N1. The van der Waals surface area contributed by atoms with Gasteiger partial charge in [0.05, 0.1) is 16.0 Å². The van der Waals surface area contributed by atoms with Crippen LogP contribution in [0.5, 0.6) is 0 Å². The highest BCUT2D eigenvalue weighted by atomic mass is 35.5. The van der Waals surface area contributed by atoms with E-state index >= 15 is 0 Å². The van der Waals surface area contributed by atoms with E-state index in [4.69, 9.17) is 11.6 Å². The van der Waals surface area contributed by atoms with Gasteiger partial charge in [-0.3, -0.25) is 20.1 Å². The summed E-state index contributed by atoms with van der Waals surface area (Å²) in [6, 6.07) is 10.6. The normalized spacial score (nSPS) is 14.1. The highest BCUT2D eigenvalue weighted by molar-refractivity contribution is 6.32. The van der Waals surface area contributed by atoms with Gasteiger partial charge in [0.25, 0.3) is 11.6 Å². The van der Waals surface area contributed by atoms with Crippen LogP contribution in [0.3, 0.4) is 0 Å². The minimum absolute atomic E-state index is 0.175. The van der Waals surface area contributed by atoms with Crippen LogP contribution in [-0.2, 0) is 4.79 Å². The maximum absolute atomic E-state index is 11.8. The van der Waals surface area contributed by atoms with Gasteiger partial charge in [-0.2, -0.15) is 0 Å². The van der Waals surface area contributed by atoms with Gasteiger partial charge in [-0.25, -0.2) is 10.1 Å². The predicted octanol–water partition coefficient (Wildman–Crippen LogP) is 1.26. The third-order valence-corrected chi connectivity index (χ3v) is 3.69. The molecule has 0 aliphatic carbocycles. The molecule has 0 aromatic heterocycles. The van der Waals surface area contributed by atoms with Crippen molar-refractivity contribution < 1.29 is 14.9 Å². The predicted molar refractivity (Wildman–Crippen MR) is 81.3 cm³/mol. The van der Waals surface area contributed by atoms with Crippen LogP contribution in [0.15, 0.2) is 47.5 Å². The maximum Gasteiger partial charge on any atom is 0.270 e. The molecule has 2 aromatic rings. The van der Waals surface area contributed by atoms with Crippen LogP contribution in [0.1, 0.15) is 5.56 Å². The number of carbonyl (C=O) groups excluding carboxylic acids is 1. The Bertz CT molecular complexity index is 942. The third kappa shape index (κ3) is 2.79. The van der Waals surface area contributed by atoms with Gasteiger partial charge in [0, 0.05) is 27.9 Å². The molecule has 3 rings (SSSR count). The van der Waals surface area contributed by atoms with Crippen molar-refractivity contribution in [2.24, 2.45) is 4.99 Å². The van der Waals surface area contributed by atoms with E-state index in [9.17, 15) is 20.1 Å². The van der Waals surface area contributed by atoms with Crippen molar-refractivity contribution in [3.8, 4) is 0 Å². The molecule has 116 valence electrons. The molecular weight excluding hydrogens is 322 g/mol. The number of nitro groups is 1. The first-order valence-electron chi connectivity index (χ1n) is 6.59. The number of rotatable bonds is 2. The number of nitrogens with zero attached hydrogens (tertiary/aromatic N) is 3. The van der Waals surface area contributed by atoms with E-state index in [2.05, 4.69) is 4.99 Å². The van der Waals surface area contributed by atoms with E-state index in [0.717, 1.165) is 0 Å². The summed E-state index contributed by atoms with van der Waals surface area (Å²) in [5.74, 6) is -0.565. The molecule has 0 saturated heterocycles. The average Bonchev–Trinajstić information content (AvgIpc) is 2.62. The summed E-state index contributed by atoms with van der Waals surface area (Å²) < 4.78 is 0. The number of fused-ring (bicyclic) bond motifs is 1. The van der Waals surface area contributed by atoms with Crippen LogP contribution >= 0.6 is 11.6 Å². The first-order valence-corrected chi connectivity index (χ1v) is 6.97. The zero-order chi connectivity index (χ0) is 16.6. The highest BCUT2D eigenvalue weighted by Crippen LogP contribution is 2.24. The fraction of sp³-hybridized carbons (Fsp3) is 0.0667. The minimum atomic E-state index is -0.565. The highest BCUT2D eigenvalue weighted by Gasteiger charge is 2.21. The topological polar surface area (TPSA) is 96.0 Å². The van der Waals surface area contributed by atoms with E-state index in [1.54, 1.807) is 24.3 Å². The monoisotopic (exact) mass is 331 g/mol. The van der Waals surface area contributed by atoms with Gasteiger partial charge in [0.15, 0.2) is 0 Å². The zero-order valence-electron chi connectivity index (χ0n) is 11.6. The molecule has 0 fully saturated rings. The molecule has 1 aliphatic heterocycles. The lowest BCUT2D eigenvalue weighted by Crippen LogP contribution is -2.32. The molecule has 1 amide bonds. The number of halogens is 1. The number of hydrogen-bond acceptors (Lipinski definition) is 5. The number of benzene rings is 2. The van der Waals surface area contributed by atoms with Gasteiger partial charge in [-0.1, -0.05) is 29.8 Å². The van der Waals surface area contributed by atoms with Crippen molar-refractivity contribution in [3.63, 3.8) is 0 Å². The van der Waals surface area contributed by atoms with Crippen molar-refractivity contribution in [1.82, 2.24) is 5.06 Å². The Kier molecular flexibility index (Phi) is 3.81. The van der Waals surface area contributed by atoms with Crippen LogP contribution in [0.25, 0.3) is 5.70 Å². The van der Waals surface area contributed by atoms with Gasteiger partial charge >= 0.3 is 0 Å². The number of carbonyl (C=O) groups is 1. The number of non-ortho nitro benzene ring substituents is 1. The Morgan fingerprint density at radius 3 is 2.70 bits per heavy atom. The molecule has 0 spiro atoms. The second-order valence-electron chi connectivity index (χ2n) is 4.85. The Morgan fingerprint density at radius 2 is 2.00 bits per heavy atom. The molecule has 8 heteroatoms. The second kappa shape index (κ2) is 5.79. The van der Waals surface area contributed by atoms with Gasteiger partial charge in [-0.15, -0.1) is 0 Å². The summed E-state index contributed by atoms with van der Waals surface area (Å²) >= 11 is 6.17. The largest absolute Gasteiger partial charge is 0.288 e. The Balaban J connectivity index is 2.47. The summed E-state index contributed by atoms with van der Waals surface area (Å²) in [6.07, 6.45) is 0. The fourth-order valence-corrected chi connectivity index (χ4v) is 2.60. The number of hydrogen-bond donors (Lipinski definition) is 1. The van der Waals surface area contributed by atoms with Gasteiger partial charge in [-0.05, 0) is 12.1 Å². The van der Waals surface area contributed by atoms with Crippen LogP contribution in [0, 0.1) is 10.1 Å². The van der Waals surface area contributed by atoms with Crippen molar-refractivity contribution in [3.05, 3.63) is 73.7 Å². The van der Waals surface area contributed by atoms with Gasteiger partial charge in [0.1, 0.15) is 6.54 Å². The van der Waals surface area contributed by atoms with E-state index in [1.165, 1.54) is 18.2 Å². The Labute approximate surface area is 134 Å². The lowest BCUT2D eigenvalue weighted by Gasteiger charge is -2.18. The number of nitro benzene ring substituents is 1. The molecule has 0 unspecified atom stereocenters. The standard InChI is InChI=1S/C15H10ClN3O4/c16-12-4-2-1-3-10(12)15-11-7-9(19(22)23)5-6-13(11)17-14(20)8-18(15)21/h1-7,21H,8H2. The van der Waals surface area contributed by atoms with Crippen LogP contribution in [-0.4, -0.2) is 27.6 Å². The zero-order valence-corrected chi connectivity index (χ0v) is 12.4. The first kappa shape index (κ1) is 15.1. The van der Waals surface area contributed by atoms with E-state index in [-0.39, 0.29) is 28.5 Å². The minimum Gasteiger partial charge on any atom is -0.288 e. The molecule has 1 aliphatic rings. The molecule has 0 atom stereocenters. The number of hydroxylamine groups is 2. The third-order valence-electron chi connectivity index (χ3n) is 3.36. The average molecular weight is 332 g/mol. The second-order valence-corrected chi connectivity index (χ2v) is 5.26. The van der Waals surface area contributed by atoms with Gasteiger partial charge < -0.3 is 0 Å². The van der Waals surface area contributed by atoms with Crippen LogP contribution in [0.2, 0.25) is 5.02 Å². The van der Waals surface area contributed by atoms with Crippen LogP contribution in [0.4, 0.5) is 5.69 Å². The van der Waals surface area contributed by atoms with Crippen molar-refractivity contribution >= 4 is 28.9 Å². The van der Waals surface area contributed by atoms with Crippen molar-refractivity contribution in [2.75, 3.05) is 6.54 Å². The molecule has 0 bridgehead atoms. The van der Waals surface area contributed by atoms with E-state index in [0.29, 0.717) is 15.6 Å². The van der Waals surface area contributed by atoms with E-state index in [1.807, 2.05) is 0 Å². The molecule has 23 heavy (non-hydrogen) atoms. The number of amides is 1. The fourth-order valence-electron chi connectivity index (χ4n) is 2.38. The summed E-state index contributed by atoms with van der Waals surface area (Å²) in [5.41, 5.74) is 0.471. The maximum atomic E-state index is 11.8.